The van der Waals surface area contributed by atoms with Crippen molar-refractivity contribution in [2.24, 2.45) is 0 Å². The van der Waals surface area contributed by atoms with Crippen LogP contribution in [0.5, 0.6) is 0 Å². The lowest BCUT2D eigenvalue weighted by molar-refractivity contribution is 0.0639. The van der Waals surface area contributed by atoms with Crippen LogP contribution in [-0.4, -0.2) is 29.3 Å². The third kappa shape index (κ3) is 3.82. The fourth-order valence-corrected chi connectivity index (χ4v) is 1.98. The van der Waals surface area contributed by atoms with Crippen molar-refractivity contribution < 1.29 is 4.74 Å². The van der Waals surface area contributed by atoms with E-state index in [4.69, 9.17) is 4.74 Å². The zero-order valence-electron chi connectivity index (χ0n) is 11.4. The van der Waals surface area contributed by atoms with Gasteiger partial charge in [-0.1, -0.05) is 13.8 Å². The van der Waals surface area contributed by atoms with E-state index in [1.165, 1.54) is 0 Å². The number of nitrogens with one attached hydrogen (secondary N) is 1. The second kappa shape index (κ2) is 7.45. The van der Waals surface area contributed by atoms with Gasteiger partial charge in [0.1, 0.15) is 0 Å². The Balaban J connectivity index is 2.80. The number of hydrogen-bond donors (Lipinski definition) is 1. The summed E-state index contributed by atoms with van der Waals surface area (Å²) in [5.41, 5.74) is 1.08. The lowest BCUT2D eigenvalue weighted by Gasteiger charge is -2.24. The molecule has 2 unspecified atom stereocenters. The van der Waals surface area contributed by atoms with Crippen LogP contribution < -0.4 is 5.32 Å². The van der Waals surface area contributed by atoms with Gasteiger partial charge in [0.15, 0.2) is 0 Å². The van der Waals surface area contributed by atoms with Crippen molar-refractivity contribution in [2.45, 2.75) is 52.3 Å². The summed E-state index contributed by atoms with van der Waals surface area (Å²) >= 11 is 0. The second-order valence-electron chi connectivity index (χ2n) is 4.24. The molecule has 0 radical (unpaired) electrons. The van der Waals surface area contributed by atoms with Crippen LogP contribution in [0.25, 0.3) is 0 Å². The van der Waals surface area contributed by atoms with Gasteiger partial charge in [-0.15, -0.1) is 0 Å². The molecule has 0 bridgehead atoms. The standard InChI is InChI=1S/C13H25N3O/c1-5-8-14-13(12(6-2)17-4)11-9-16(7-3)10-15-11/h9-10,12-14H,5-8H2,1-4H3. The highest BCUT2D eigenvalue weighted by molar-refractivity contribution is 5.06. The third-order valence-electron chi connectivity index (χ3n) is 3.03. The Morgan fingerprint density at radius 1 is 1.41 bits per heavy atom. The summed E-state index contributed by atoms with van der Waals surface area (Å²) < 4.78 is 7.64. The number of hydrogen-bond acceptors (Lipinski definition) is 3. The van der Waals surface area contributed by atoms with E-state index >= 15 is 0 Å². The van der Waals surface area contributed by atoms with E-state index in [-0.39, 0.29) is 12.1 Å². The van der Waals surface area contributed by atoms with Gasteiger partial charge in [0.05, 0.1) is 24.2 Å². The van der Waals surface area contributed by atoms with E-state index in [1.807, 2.05) is 6.33 Å². The van der Waals surface area contributed by atoms with Crippen LogP contribution >= 0.6 is 0 Å². The molecule has 4 nitrogen and oxygen atoms in total. The minimum Gasteiger partial charge on any atom is -0.379 e. The maximum Gasteiger partial charge on any atom is 0.0950 e. The van der Waals surface area contributed by atoms with Gasteiger partial charge in [-0.05, 0) is 26.3 Å². The Morgan fingerprint density at radius 3 is 2.65 bits per heavy atom. The molecule has 17 heavy (non-hydrogen) atoms. The van der Waals surface area contributed by atoms with Gasteiger partial charge in [-0.3, -0.25) is 0 Å². The first-order valence-electron chi connectivity index (χ1n) is 6.54. The molecule has 4 heteroatoms. The Morgan fingerprint density at radius 2 is 2.18 bits per heavy atom. The smallest absolute Gasteiger partial charge is 0.0950 e. The highest BCUT2D eigenvalue weighted by atomic mass is 16.5. The molecule has 0 amide bonds. The van der Waals surface area contributed by atoms with Gasteiger partial charge < -0.3 is 14.6 Å². The molecule has 1 heterocycles. The van der Waals surface area contributed by atoms with Crippen LogP contribution in [0.2, 0.25) is 0 Å². The molecule has 0 aliphatic rings. The monoisotopic (exact) mass is 239 g/mol. The molecular weight excluding hydrogens is 214 g/mol. The number of aromatic nitrogens is 2. The van der Waals surface area contributed by atoms with Gasteiger partial charge in [-0.2, -0.15) is 0 Å². The molecule has 1 aromatic rings. The quantitative estimate of drug-likeness (QED) is 0.757. The molecule has 0 saturated heterocycles. The SMILES string of the molecule is CCCNC(c1cn(CC)cn1)C(CC)OC. The van der Waals surface area contributed by atoms with E-state index in [0.717, 1.165) is 31.6 Å². The van der Waals surface area contributed by atoms with Crippen LogP contribution in [0.1, 0.15) is 45.3 Å². The zero-order valence-corrected chi connectivity index (χ0v) is 11.4. The van der Waals surface area contributed by atoms with E-state index in [9.17, 15) is 0 Å². The van der Waals surface area contributed by atoms with E-state index in [1.54, 1.807) is 7.11 Å². The van der Waals surface area contributed by atoms with Crippen LogP contribution in [-0.2, 0) is 11.3 Å². The van der Waals surface area contributed by atoms with E-state index < -0.39 is 0 Å². The van der Waals surface area contributed by atoms with Gasteiger partial charge in [0, 0.05) is 19.9 Å². The number of aryl methyl sites for hydroxylation is 1. The molecule has 2 atom stereocenters. The molecule has 1 aromatic heterocycles. The van der Waals surface area contributed by atoms with Crippen molar-refractivity contribution in [2.75, 3.05) is 13.7 Å². The minimum atomic E-state index is 0.182. The first-order chi connectivity index (χ1) is 8.26. The fourth-order valence-electron chi connectivity index (χ4n) is 1.98. The molecule has 1 N–H and O–H groups in total. The maximum absolute atomic E-state index is 5.54. The van der Waals surface area contributed by atoms with Crippen molar-refractivity contribution in [3.63, 3.8) is 0 Å². The molecule has 1 rings (SSSR count). The van der Waals surface area contributed by atoms with Crippen LogP contribution in [0.15, 0.2) is 12.5 Å². The van der Waals surface area contributed by atoms with Gasteiger partial charge in [0.25, 0.3) is 0 Å². The number of imidazole rings is 1. The van der Waals surface area contributed by atoms with E-state index in [0.29, 0.717) is 0 Å². The van der Waals surface area contributed by atoms with Crippen LogP contribution in [0.4, 0.5) is 0 Å². The minimum absolute atomic E-state index is 0.182. The highest BCUT2D eigenvalue weighted by Crippen LogP contribution is 2.19. The second-order valence-corrected chi connectivity index (χ2v) is 4.24. The molecule has 0 aliphatic heterocycles. The van der Waals surface area contributed by atoms with Crippen LogP contribution in [0, 0.1) is 0 Å². The lowest BCUT2D eigenvalue weighted by atomic mass is 10.1. The summed E-state index contributed by atoms with van der Waals surface area (Å²) in [7, 11) is 1.77. The number of methoxy groups -OCH3 is 1. The van der Waals surface area contributed by atoms with Crippen molar-refractivity contribution >= 4 is 0 Å². The summed E-state index contributed by atoms with van der Waals surface area (Å²) in [6.45, 7) is 8.38. The average Bonchev–Trinajstić information content (AvgIpc) is 2.83. The topological polar surface area (TPSA) is 39.1 Å². The van der Waals surface area contributed by atoms with E-state index in [2.05, 4.69) is 41.8 Å². The first-order valence-corrected chi connectivity index (χ1v) is 6.54. The number of rotatable bonds is 8. The lowest BCUT2D eigenvalue weighted by Crippen LogP contribution is -2.33. The third-order valence-corrected chi connectivity index (χ3v) is 3.03. The van der Waals surface area contributed by atoms with Crippen molar-refractivity contribution in [1.29, 1.82) is 0 Å². The Labute approximate surface area is 104 Å². The van der Waals surface area contributed by atoms with Crippen molar-refractivity contribution in [3.8, 4) is 0 Å². The normalized spacial score (nSPS) is 14.8. The van der Waals surface area contributed by atoms with Crippen LogP contribution in [0.3, 0.4) is 0 Å². The molecule has 0 saturated carbocycles. The fraction of sp³-hybridized carbons (Fsp3) is 0.769. The van der Waals surface area contributed by atoms with Gasteiger partial charge in [0.2, 0.25) is 0 Å². The number of nitrogens with zero attached hydrogens (tertiary/aromatic N) is 2. The molecular formula is C13H25N3O. The molecule has 0 aromatic carbocycles. The molecule has 0 fully saturated rings. The maximum atomic E-state index is 5.54. The summed E-state index contributed by atoms with van der Waals surface area (Å²) in [6.07, 6.45) is 6.27. The molecule has 98 valence electrons. The predicted molar refractivity (Wildman–Crippen MR) is 70.0 cm³/mol. The zero-order chi connectivity index (χ0) is 12.7. The first kappa shape index (κ1) is 14.2. The summed E-state index contributed by atoms with van der Waals surface area (Å²) in [6, 6.07) is 0.192. The summed E-state index contributed by atoms with van der Waals surface area (Å²) in [5.74, 6) is 0. The van der Waals surface area contributed by atoms with Gasteiger partial charge >= 0.3 is 0 Å². The van der Waals surface area contributed by atoms with Crippen molar-refractivity contribution in [3.05, 3.63) is 18.2 Å². The Hall–Kier alpha value is -0.870. The summed E-state index contributed by atoms with van der Waals surface area (Å²) in [4.78, 5) is 4.48. The summed E-state index contributed by atoms with van der Waals surface area (Å²) in [5, 5.41) is 3.52. The average molecular weight is 239 g/mol. The Bertz CT molecular complexity index is 307. The van der Waals surface area contributed by atoms with Crippen molar-refractivity contribution in [1.82, 2.24) is 14.9 Å². The highest BCUT2D eigenvalue weighted by Gasteiger charge is 2.22. The molecule has 0 aliphatic carbocycles. The predicted octanol–water partition coefficient (Wildman–Crippen LogP) is 2.37. The largest absolute Gasteiger partial charge is 0.379 e. The number of ether oxygens (including phenoxy) is 1. The van der Waals surface area contributed by atoms with Gasteiger partial charge in [-0.25, -0.2) is 4.98 Å². The molecule has 0 spiro atoms. The Kier molecular flexibility index (Phi) is 6.22.